The summed E-state index contributed by atoms with van der Waals surface area (Å²) in [5, 5.41) is 0. The van der Waals surface area contributed by atoms with Gasteiger partial charge in [0, 0.05) is 19.5 Å². The standard InChI is InChI=1S/C11H15N3/c1-2-11-13-9-5-3-4-6-10(9)14(11)8-7-12/h3-6H,2,7-8,12H2,1H3. The van der Waals surface area contributed by atoms with Crippen molar-refractivity contribution in [1.29, 1.82) is 0 Å². The van der Waals surface area contributed by atoms with Crippen LogP contribution in [0.3, 0.4) is 0 Å². The molecule has 0 atom stereocenters. The van der Waals surface area contributed by atoms with E-state index in [1.807, 2.05) is 18.2 Å². The smallest absolute Gasteiger partial charge is 0.109 e. The topological polar surface area (TPSA) is 43.8 Å². The first kappa shape index (κ1) is 9.21. The highest BCUT2D eigenvalue weighted by Gasteiger charge is 2.06. The highest BCUT2D eigenvalue weighted by atomic mass is 15.1. The van der Waals surface area contributed by atoms with Crippen LogP contribution in [-0.2, 0) is 13.0 Å². The first-order valence-corrected chi connectivity index (χ1v) is 5.01. The van der Waals surface area contributed by atoms with Crippen LogP contribution >= 0.6 is 0 Å². The molecule has 0 radical (unpaired) electrons. The normalized spacial score (nSPS) is 11.0. The van der Waals surface area contributed by atoms with Crippen molar-refractivity contribution in [1.82, 2.24) is 9.55 Å². The van der Waals surface area contributed by atoms with Crippen LogP contribution in [0, 0.1) is 0 Å². The Kier molecular flexibility index (Phi) is 2.50. The number of nitrogens with two attached hydrogens (primary N) is 1. The average Bonchev–Trinajstić information content (AvgIpc) is 2.58. The lowest BCUT2D eigenvalue weighted by molar-refractivity contribution is 0.684. The fourth-order valence-electron chi connectivity index (χ4n) is 1.77. The summed E-state index contributed by atoms with van der Waals surface area (Å²) in [6, 6.07) is 8.19. The Morgan fingerprint density at radius 3 is 2.86 bits per heavy atom. The van der Waals surface area contributed by atoms with Crippen LogP contribution in [0.2, 0.25) is 0 Å². The van der Waals surface area contributed by atoms with Gasteiger partial charge in [0.2, 0.25) is 0 Å². The molecule has 0 bridgehead atoms. The van der Waals surface area contributed by atoms with Crippen LogP contribution in [-0.4, -0.2) is 16.1 Å². The van der Waals surface area contributed by atoms with Gasteiger partial charge in [-0.3, -0.25) is 0 Å². The number of nitrogens with zero attached hydrogens (tertiary/aromatic N) is 2. The molecule has 0 aliphatic heterocycles. The van der Waals surface area contributed by atoms with Gasteiger partial charge in [-0.05, 0) is 12.1 Å². The molecular weight excluding hydrogens is 174 g/mol. The van der Waals surface area contributed by atoms with Crippen molar-refractivity contribution in [2.45, 2.75) is 19.9 Å². The van der Waals surface area contributed by atoms with Gasteiger partial charge in [-0.1, -0.05) is 19.1 Å². The highest BCUT2D eigenvalue weighted by Crippen LogP contribution is 2.15. The highest BCUT2D eigenvalue weighted by molar-refractivity contribution is 5.75. The Labute approximate surface area is 83.6 Å². The summed E-state index contributed by atoms with van der Waals surface area (Å²) in [6.07, 6.45) is 0.953. The van der Waals surface area contributed by atoms with E-state index in [-0.39, 0.29) is 0 Å². The van der Waals surface area contributed by atoms with E-state index in [0.29, 0.717) is 6.54 Å². The van der Waals surface area contributed by atoms with E-state index in [0.717, 1.165) is 24.3 Å². The van der Waals surface area contributed by atoms with Crippen molar-refractivity contribution < 1.29 is 0 Å². The van der Waals surface area contributed by atoms with E-state index in [4.69, 9.17) is 5.73 Å². The third-order valence-electron chi connectivity index (χ3n) is 2.40. The summed E-state index contributed by atoms with van der Waals surface area (Å²) in [7, 11) is 0. The Morgan fingerprint density at radius 1 is 1.36 bits per heavy atom. The van der Waals surface area contributed by atoms with Gasteiger partial charge in [-0.15, -0.1) is 0 Å². The lowest BCUT2D eigenvalue weighted by Gasteiger charge is -2.04. The van der Waals surface area contributed by atoms with Crippen molar-refractivity contribution >= 4 is 11.0 Å². The third-order valence-corrected chi connectivity index (χ3v) is 2.40. The van der Waals surface area contributed by atoms with Gasteiger partial charge in [0.25, 0.3) is 0 Å². The molecule has 74 valence electrons. The second-order valence-electron chi connectivity index (χ2n) is 3.31. The number of hydrogen-bond acceptors (Lipinski definition) is 2. The van der Waals surface area contributed by atoms with Crippen LogP contribution in [0.4, 0.5) is 0 Å². The largest absolute Gasteiger partial charge is 0.329 e. The van der Waals surface area contributed by atoms with Gasteiger partial charge in [-0.25, -0.2) is 4.98 Å². The summed E-state index contributed by atoms with van der Waals surface area (Å²) in [4.78, 5) is 4.56. The molecule has 0 saturated carbocycles. The summed E-state index contributed by atoms with van der Waals surface area (Å²) in [6.45, 7) is 3.63. The van der Waals surface area contributed by atoms with Gasteiger partial charge in [0.05, 0.1) is 11.0 Å². The van der Waals surface area contributed by atoms with Crippen LogP contribution in [0.25, 0.3) is 11.0 Å². The quantitative estimate of drug-likeness (QED) is 0.796. The molecule has 3 nitrogen and oxygen atoms in total. The Morgan fingerprint density at radius 2 is 2.14 bits per heavy atom. The summed E-state index contributed by atoms with van der Waals surface area (Å²) in [5.41, 5.74) is 7.84. The molecule has 2 N–H and O–H groups in total. The number of hydrogen-bond donors (Lipinski definition) is 1. The number of imidazole rings is 1. The zero-order valence-electron chi connectivity index (χ0n) is 8.40. The van der Waals surface area contributed by atoms with E-state index in [1.54, 1.807) is 0 Å². The summed E-state index contributed by atoms with van der Waals surface area (Å²) in [5.74, 6) is 1.12. The molecule has 0 fully saturated rings. The average molecular weight is 189 g/mol. The van der Waals surface area contributed by atoms with Crippen molar-refractivity contribution in [3.63, 3.8) is 0 Å². The van der Waals surface area contributed by atoms with Crippen LogP contribution in [0.1, 0.15) is 12.7 Å². The van der Waals surface area contributed by atoms with Crippen molar-refractivity contribution in [3.05, 3.63) is 30.1 Å². The van der Waals surface area contributed by atoms with E-state index >= 15 is 0 Å². The molecule has 2 rings (SSSR count). The number of para-hydroxylation sites is 2. The van der Waals surface area contributed by atoms with E-state index in [1.165, 1.54) is 5.52 Å². The van der Waals surface area contributed by atoms with Crippen LogP contribution in [0.15, 0.2) is 24.3 Å². The van der Waals surface area contributed by atoms with Crippen molar-refractivity contribution in [2.75, 3.05) is 6.54 Å². The SMILES string of the molecule is CCc1nc2ccccc2n1CCN. The molecule has 0 spiro atoms. The van der Waals surface area contributed by atoms with E-state index < -0.39 is 0 Å². The molecule has 0 aliphatic rings. The molecule has 14 heavy (non-hydrogen) atoms. The second kappa shape index (κ2) is 3.80. The first-order chi connectivity index (χ1) is 6.86. The number of benzene rings is 1. The Hall–Kier alpha value is -1.35. The van der Waals surface area contributed by atoms with Gasteiger partial charge in [0.1, 0.15) is 5.82 Å². The van der Waals surface area contributed by atoms with Crippen LogP contribution in [0.5, 0.6) is 0 Å². The lowest BCUT2D eigenvalue weighted by Crippen LogP contribution is -2.12. The molecule has 1 aromatic carbocycles. The third kappa shape index (κ3) is 1.40. The molecule has 2 aromatic rings. The minimum atomic E-state index is 0.660. The van der Waals surface area contributed by atoms with Gasteiger partial charge in [-0.2, -0.15) is 0 Å². The second-order valence-corrected chi connectivity index (χ2v) is 3.31. The molecule has 1 aromatic heterocycles. The van der Waals surface area contributed by atoms with Gasteiger partial charge < -0.3 is 10.3 Å². The number of aromatic nitrogens is 2. The van der Waals surface area contributed by atoms with Crippen LogP contribution < -0.4 is 5.73 Å². The van der Waals surface area contributed by atoms with Crippen molar-refractivity contribution in [2.24, 2.45) is 5.73 Å². The molecule has 0 unspecified atom stereocenters. The first-order valence-electron chi connectivity index (χ1n) is 5.01. The fraction of sp³-hybridized carbons (Fsp3) is 0.364. The molecule has 3 heteroatoms. The van der Waals surface area contributed by atoms with Gasteiger partial charge in [0.15, 0.2) is 0 Å². The predicted octanol–water partition coefficient (Wildman–Crippen LogP) is 1.56. The maximum atomic E-state index is 5.59. The minimum absolute atomic E-state index is 0.660. The lowest BCUT2D eigenvalue weighted by atomic mass is 10.3. The maximum Gasteiger partial charge on any atom is 0.109 e. The zero-order valence-corrected chi connectivity index (χ0v) is 8.40. The van der Waals surface area contributed by atoms with Gasteiger partial charge >= 0.3 is 0 Å². The maximum absolute atomic E-state index is 5.59. The molecule has 0 aliphatic carbocycles. The monoisotopic (exact) mass is 189 g/mol. The van der Waals surface area contributed by atoms with E-state index in [2.05, 4.69) is 22.5 Å². The van der Waals surface area contributed by atoms with E-state index in [9.17, 15) is 0 Å². The number of fused-ring (bicyclic) bond motifs is 1. The number of rotatable bonds is 3. The summed E-state index contributed by atoms with van der Waals surface area (Å²) >= 11 is 0. The predicted molar refractivity (Wildman–Crippen MR) is 58.2 cm³/mol. The molecular formula is C11H15N3. The minimum Gasteiger partial charge on any atom is -0.329 e. The zero-order chi connectivity index (χ0) is 9.97. The Bertz CT molecular complexity index is 431. The molecule has 0 saturated heterocycles. The number of aryl methyl sites for hydroxylation is 1. The van der Waals surface area contributed by atoms with Crippen molar-refractivity contribution in [3.8, 4) is 0 Å². The molecule has 1 heterocycles. The molecule has 0 amide bonds. The fourth-order valence-corrected chi connectivity index (χ4v) is 1.77. The Balaban J connectivity index is 2.61. The summed E-state index contributed by atoms with van der Waals surface area (Å²) < 4.78 is 2.20.